The van der Waals surface area contributed by atoms with E-state index in [1.54, 1.807) is 0 Å². The van der Waals surface area contributed by atoms with Crippen molar-refractivity contribution in [2.75, 3.05) is 38.3 Å². The zero-order valence-corrected chi connectivity index (χ0v) is 21.0. The molecule has 0 amide bonds. The van der Waals surface area contributed by atoms with Crippen LogP contribution < -0.4 is 5.32 Å². The van der Waals surface area contributed by atoms with Crippen LogP contribution >= 0.6 is 19.2 Å². The molecule has 1 aliphatic carbocycles. The lowest BCUT2D eigenvalue weighted by molar-refractivity contribution is -0.153. The van der Waals surface area contributed by atoms with E-state index in [-0.39, 0.29) is 24.0 Å². The fraction of sp³-hybridized carbons (Fsp3) is 0.737. The van der Waals surface area contributed by atoms with Gasteiger partial charge in [0.15, 0.2) is 17.0 Å². The highest BCUT2D eigenvalue weighted by Crippen LogP contribution is 2.44. The van der Waals surface area contributed by atoms with Crippen molar-refractivity contribution in [2.45, 2.75) is 43.9 Å². The number of hydrogen-bond acceptors (Lipinski definition) is 12. The fourth-order valence-corrected chi connectivity index (χ4v) is 5.17. The number of halogens is 1. The molecule has 0 radical (unpaired) electrons. The fourth-order valence-electron chi connectivity index (χ4n) is 4.37. The zero-order chi connectivity index (χ0) is 26.0. The van der Waals surface area contributed by atoms with Crippen LogP contribution in [0.4, 0.5) is 5.82 Å². The van der Waals surface area contributed by atoms with Gasteiger partial charge in [0, 0.05) is 25.0 Å². The summed E-state index contributed by atoms with van der Waals surface area (Å²) < 4.78 is 28.2. The Kier molecular flexibility index (Phi) is 8.42. The number of fused-ring (bicyclic) bond motifs is 1. The smallest absolute Gasteiger partial charge is 0.365 e. The van der Waals surface area contributed by atoms with Gasteiger partial charge in [-0.1, -0.05) is 5.21 Å². The SMILES string of the molecule is CCOC(=O)C(OCC1CC(n2nnc3c(NCC4CCOC4)nc(Cl)nc32)C(O)C1O)P(=O)(O)O. The van der Waals surface area contributed by atoms with E-state index >= 15 is 0 Å². The summed E-state index contributed by atoms with van der Waals surface area (Å²) in [7, 11) is -4.99. The average molecular weight is 551 g/mol. The Morgan fingerprint density at radius 3 is 2.78 bits per heavy atom. The van der Waals surface area contributed by atoms with Crippen molar-refractivity contribution in [3.8, 4) is 0 Å². The van der Waals surface area contributed by atoms with E-state index in [9.17, 15) is 29.4 Å². The molecular weight excluding hydrogens is 523 g/mol. The van der Waals surface area contributed by atoms with Gasteiger partial charge in [0.1, 0.15) is 6.10 Å². The first-order valence-electron chi connectivity index (χ1n) is 11.4. The van der Waals surface area contributed by atoms with E-state index in [1.165, 1.54) is 11.6 Å². The number of aliphatic hydroxyl groups excluding tert-OH is 2. The monoisotopic (exact) mass is 550 g/mol. The summed E-state index contributed by atoms with van der Waals surface area (Å²) in [4.78, 5) is 39.2. The molecule has 15 nitrogen and oxygen atoms in total. The van der Waals surface area contributed by atoms with Gasteiger partial charge in [0.05, 0.1) is 32.0 Å². The second-order valence-corrected chi connectivity index (χ2v) is 10.7. The number of esters is 1. The molecule has 0 spiro atoms. The Labute approximate surface area is 210 Å². The maximum atomic E-state index is 11.9. The van der Waals surface area contributed by atoms with E-state index in [2.05, 4.69) is 30.3 Å². The Morgan fingerprint density at radius 1 is 1.33 bits per heavy atom. The van der Waals surface area contributed by atoms with Gasteiger partial charge < -0.3 is 39.5 Å². The number of hydrogen-bond donors (Lipinski definition) is 5. The predicted octanol–water partition coefficient (Wildman–Crippen LogP) is -0.311. The summed E-state index contributed by atoms with van der Waals surface area (Å²) in [5, 5.41) is 32.7. The lowest BCUT2D eigenvalue weighted by atomic mass is 10.1. The van der Waals surface area contributed by atoms with Crippen molar-refractivity contribution in [3.63, 3.8) is 0 Å². The number of carbonyl (C=O) groups excluding carboxylic acids is 1. The quantitative estimate of drug-likeness (QED) is 0.146. The van der Waals surface area contributed by atoms with E-state index in [1.807, 2.05) is 0 Å². The molecule has 2 aromatic rings. The third kappa shape index (κ3) is 5.78. The van der Waals surface area contributed by atoms with Crippen LogP contribution in [0.15, 0.2) is 0 Å². The molecule has 17 heteroatoms. The molecule has 6 unspecified atom stereocenters. The van der Waals surface area contributed by atoms with Gasteiger partial charge in [-0.3, -0.25) is 4.57 Å². The number of anilines is 1. The minimum atomic E-state index is -4.99. The first-order valence-corrected chi connectivity index (χ1v) is 13.5. The van der Waals surface area contributed by atoms with Crippen molar-refractivity contribution in [1.29, 1.82) is 0 Å². The van der Waals surface area contributed by atoms with Crippen molar-refractivity contribution in [2.24, 2.45) is 11.8 Å². The molecule has 4 rings (SSSR count). The van der Waals surface area contributed by atoms with Gasteiger partial charge in [-0.15, -0.1) is 5.10 Å². The highest BCUT2D eigenvalue weighted by molar-refractivity contribution is 7.53. The molecule has 2 fully saturated rings. The van der Waals surface area contributed by atoms with Crippen LogP contribution in [0.2, 0.25) is 5.28 Å². The number of aliphatic hydroxyl groups is 2. The van der Waals surface area contributed by atoms with E-state index in [0.717, 1.165) is 6.42 Å². The van der Waals surface area contributed by atoms with Crippen LogP contribution in [0.1, 0.15) is 25.8 Å². The van der Waals surface area contributed by atoms with Crippen molar-refractivity contribution >= 4 is 42.1 Å². The molecule has 1 aliphatic heterocycles. The molecule has 3 heterocycles. The summed E-state index contributed by atoms with van der Waals surface area (Å²) in [6.45, 7) is 2.88. The van der Waals surface area contributed by atoms with Crippen LogP contribution in [0.25, 0.3) is 11.2 Å². The van der Waals surface area contributed by atoms with Gasteiger partial charge in [-0.25, -0.2) is 9.48 Å². The number of rotatable bonds is 10. The minimum absolute atomic E-state index is 0.0666. The Balaban J connectivity index is 1.50. The van der Waals surface area contributed by atoms with E-state index in [4.69, 9.17) is 21.1 Å². The minimum Gasteiger partial charge on any atom is -0.464 e. The first kappa shape index (κ1) is 27.1. The van der Waals surface area contributed by atoms with Crippen LogP contribution in [-0.4, -0.2) is 102 Å². The normalized spacial score (nSPS) is 27.4. The highest BCUT2D eigenvalue weighted by atomic mass is 35.5. The Hall–Kier alpha value is -1.97. The molecule has 2 aromatic heterocycles. The molecule has 6 atom stereocenters. The molecule has 1 saturated carbocycles. The van der Waals surface area contributed by atoms with Crippen molar-refractivity contribution in [1.82, 2.24) is 25.0 Å². The molecule has 1 saturated heterocycles. The molecule has 200 valence electrons. The topological polar surface area (TPSA) is 211 Å². The second-order valence-electron chi connectivity index (χ2n) is 8.73. The second kappa shape index (κ2) is 11.2. The summed E-state index contributed by atoms with van der Waals surface area (Å²) in [5.41, 5.74) is 0.557. The predicted molar refractivity (Wildman–Crippen MR) is 123 cm³/mol. The molecule has 5 N–H and O–H groups in total. The molecule has 0 bridgehead atoms. The van der Waals surface area contributed by atoms with E-state index in [0.29, 0.717) is 37.0 Å². The third-order valence-electron chi connectivity index (χ3n) is 6.23. The lowest BCUT2D eigenvalue weighted by Gasteiger charge is -2.21. The average Bonchev–Trinajstić information content (AvgIpc) is 3.53. The van der Waals surface area contributed by atoms with Gasteiger partial charge in [-0.2, -0.15) is 9.97 Å². The number of aromatic nitrogens is 5. The van der Waals surface area contributed by atoms with Gasteiger partial charge in [0.2, 0.25) is 5.28 Å². The van der Waals surface area contributed by atoms with Gasteiger partial charge in [-0.05, 0) is 31.4 Å². The first-order chi connectivity index (χ1) is 17.1. The molecule has 0 aromatic carbocycles. The molecule has 36 heavy (non-hydrogen) atoms. The highest BCUT2D eigenvalue weighted by Gasteiger charge is 2.46. The maximum absolute atomic E-state index is 11.9. The summed E-state index contributed by atoms with van der Waals surface area (Å²) in [6.07, 6.45) is -1.68. The number of nitrogens with zero attached hydrogens (tertiary/aromatic N) is 5. The Bertz CT molecular complexity index is 1130. The van der Waals surface area contributed by atoms with E-state index < -0.39 is 50.2 Å². The van der Waals surface area contributed by atoms with Gasteiger partial charge >= 0.3 is 13.6 Å². The number of nitrogens with one attached hydrogen (secondary N) is 1. The van der Waals surface area contributed by atoms with Crippen LogP contribution in [0.3, 0.4) is 0 Å². The standard InChI is InChI=1S/C19H28ClN6O9P/c1-2-34-17(29)18(36(30,31)32)35-8-10-5-11(14(28)13(10)27)26-16-12(24-25-26)15(22-19(20)23-16)21-6-9-3-4-33-7-9/h9-11,13-14,18,27-28H,2-8H2,1H3,(H,21,22,23)(H2,30,31,32). The summed E-state index contributed by atoms with van der Waals surface area (Å²) >= 11 is 6.13. The van der Waals surface area contributed by atoms with Crippen molar-refractivity contribution in [3.05, 3.63) is 5.28 Å². The molecule has 2 aliphatic rings. The number of carbonyl (C=O) groups is 1. The van der Waals surface area contributed by atoms with Crippen LogP contribution in [0.5, 0.6) is 0 Å². The van der Waals surface area contributed by atoms with Crippen molar-refractivity contribution < 1.29 is 43.6 Å². The Morgan fingerprint density at radius 2 is 2.11 bits per heavy atom. The summed E-state index contributed by atoms with van der Waals surface area (Å²) in [6, 6.07) is -0.809. The zero-order valence-electron chi connectivity index (χ0n) is 19.3. The number of ether oxygens (including phenoxy) is 3. The largest absolute Gasteiger partial charge is 0.464 e. The summed E-state index contributed by atoms with van der Waals surface area (Å²) in [5.74, 6) is -3.46. The third-order valence-corrected chi connectivity index (χ3v) is 7.37. The van der Waals surface area contributed by atoms with Crippen LogP contribution in [-0.2, 0) is 23.6 Å². The lowest BCUT2D eigenvalue weighted by Crippen LogP contribution is -2.33. The van der Waals surface area contributed by atoms with Crippen LogP contribution in [0, 0.1) is 11.8 Å². The molecular formula is C19H28ClN6O9P. The maximum Gasteiger partial charge on any atom is 0.365 e. The van der Waals surface area contributed by atoms with Gasteiger partial charge in [0.25, 0.3) is 5.85 Å².